The zero-order valence-corrected chi connectivity index (χ0v) is 15.7. The molecule has 7 heteroatoms. The fourth-order valence-electron chi connectivity index (χ4n) is 2.50. The summed E-state index contributed by atoms with van der Waals surface area (Å²) in [5, 5.41) is 7.86. The van der Waals surface area contributed by atoms with Crippen molar-refractivity contribution in [2.45, 2.75) is 19.9 Å². The quantitative estimate of drug-likeness (QED) is 0.664. The van der Waals surface area contributed by atoms with Crippen LogP contribution < -0.4 is 25.4 Å². The van der Waals surface area contributed by atoms with E-state index in [1.807, 2.05) is 44.2 Å². The third kappa shape index (κ3) is 5.64. The molecule has 0 spiro atoms. The summed E-state index contributed by atoms with van der Waals surface area (Å²) in [6.45, 7) is 4.80. The van der Waals surface area contributed by atoms with Crippen molar-refractivity contribution in [3.05, 3.63) is 54.1 Å². The fraction of sp³-hybridized carbons (Fsp3) is 0.300. The number of imide groups is 1. The Bertz CT molecular complexity index is 765. The first-order chi connectivity index (χ1) is 13.1. The number of anilines is 1. The Labute approximate surface area is 159 Å². The number of urea groups is 1. The lowest BCUT2D eigenvalue weighted by atomic mass is 10.1. The normalized spacial score (nSPS) is 11.2. The fourth-order valence-corrected chi connectivity index (χ4v) is 2.50. The largest absolute Gasteiger partial charge is 0.490 e. The number of carbonyl (C=O) groups excluding carboxylic acids is 2. The summed E-state index contributed by atoms with van der Waals surface area (Å²) in [4.78, 5) is 24.2. The van der Waals surface area contributed by atoms with Crippen LogP contribution in [0.5, 0.6) is 11.5 Å². The maximum absolute atomic E-state index is 12.6. The van der Waals surface area contributed by atoms with E-state index in [4.69, 9.17) is 9.47 Å². The monoisotopic (exact) mass is 371 g/mol. The van der Waals surface area contributed by atoms with Crippen molar-refractivity contribution < 1.29 is 19.1 Å². The van der Waals surface area contributed by atoms with E-state index >= 15 is 0 Å². The highest BCUT2D eigenvalue weighted by Crippen LogP contribution is 2.32. The van der Waals surface area contributed by atoms with Crippen molar-refractivity contribution in [1.82, 2.24) is 10.6 Å². The zero-order chi connectivity index (χ0) is 19.6. The molecule has 0 aliphatic heterocycles. The maximum atomic E-state index is 12.6. The highest BCUT2D eigenvalue weighted by molar-refractivity contribution is 5.98. The van der Waals surface area contributed by atoms with Crippen LogP contribution in [0.25, 0.3) is 0 Å². The SMILES string of the molecule is CCOc1ccc(N[C@@H](C(=O)NC(=O)NC)c2ccccc2)cc1OCC. The van der Waals surface area contributed by atoms with Gasteiger partial charge in [-0.3, -0.25) is 10.1 Å². The highest BCUT2D eigenvalue weighted by Gasteiger charge is 2.22. The molecular formula is C20H25N3O4. The Kier molecular flexibility index (Phi) is 7.49. The number of hydrogen-bond acceptors (Lipinski definition) is 5. The molecule has 7 nitrogen and oxygen atoms in total. The van der Waals surface area contributed by atoms with Gasteiger partial charge in [0, 0.05) is 18.8 Å². The second-order valence-electron chi connectivity index (χ2n) is 5.58. The van der Waals surface area contributed by atoms with Crippen molar-refractivity contribution in [2.24, 2.45) is 0 Å². The summed E-state index contributed by atoms with van der Waals surface area (Å²) in [5.41, 5.74) is 1.40. The van der Waals surface area contributed by atoms with Gasteiger partial charge < -0.3 is 20.1 Å². The van der Waals surface area contributed by atoms with Gasteiger partial charge in [0.2, 0.25) is 0 Å². The van der Waals surface area contributed by atoms with E-state index in [0.717, 1.165) is 5.56 Å². The third-order valence-electron chi connectivity index (χ3n) is 3.71. The van der Waals surface area contributed by atoms with Gasteiger partial charge in [-0.1, -0.05) is 30.3 Å². The van der Waals surface area contributed by atoms with Gasteiger partial charge in [0.25, 0.3) is 5.91 Å². The lowest BCUT2D eigenvalue weighted by Gasteiger charge is -2.20. The first-order valence-corrected chi connectivity index (χ1v) is 8.82. The van der Waals surface area contributed by atoms with Gasteiger partial charge in [0.15, 0.2) is 11.5 Å². The topological polar surface area (TPSA) is 88.7 Å². The molecule has 0 bridgehead atoms. The van der Waals surface area contributed by atoms with E-state index < -0.39 is 18.0 Å². The van der Waals surface area contributed by atoms with E-state index in [9.17, 15) is 9.59 Å². The Morgan fingerprint density at radius 3 is 2.26 bits per heavy atom. The number of carbonyl (C=O) groups is 2. The van der Waals surface area contributed by atoms with Crippen LogP contribution in [-0.2, 0) is 4.79 Å². The van der Waals surface area contributed by atoms with E-state index in [0.29, 0.717) is 30.4 Å². The van der Waals surface area contributed by atoms with Crippen LogP contribution in [-0.4, -0.2) is 32.2 Å². The van der Waals surface area contributed by atoms with Crippen LogP contribution in [0, 0.1) is 0 Å². The van der Waals surface area contributed by atoms with Crippen molar-refractivity contribution in [3.8, 4) is 11.5 Å². The molecule has 0 aromatic heterocycles. The molecular weight excluding hydrogens is 346 g/mol. The summed E-state index contributed by atoms with van der Waals surface area (Å²) in [6, 6.07) is 13.2. The number of nitrogens with one attached hydrogen (secondary N) is 3. The predicted molar refractivity (Wildman–Crippen MR) is 104 cm³/mol. The van der Waals surface area contributed by atoms with Crippen molar-refractivity contribution in [3.63, 3.8) is 0 Å². The minimum Gasteiger partial charge on any atom is -0.490 e. The van der Waals surface area contributed by atoms with Gasteiger partial charge in [-0.15, -0.1) is 0 Å². The third-order valence-corrected chi connectivity index (χ3v) is 3.71. The molecule has 3 N–H and O–H groups in total. The minimum atomic E-state index is -0.754. The Morgan fingerprint density at radius 1 is 0.963 bits per heavy atom. The summed E-state index contributed by atoms with van der Waals surface area (Å²) >= 11 is 0. The molecule has 0 fully saturated rings. The molecule has 1 atom stereocenters. The first kappa shape index (κ1) is 20.1. The van der Waals surface area contributed by atoms with Crippen LogP contribution in [0.4, 0.5) is 10.5 Å². The van der Waals surface area contributed by atoms with Gasteiger partial charge in [0.05, 0.1) is 13.2 Å². The smallest absolute Gasteiger partial charge is 0.321 e. The molecule has 3 amide bonds. The Morgan fingerprint density at radius 2 is 1.63 bits per heavy atom. The lowest BCUT2D eigenvalue weighted by Crippen LogP contribution is -2.42. The van der Waals surface area contributed by atoms with Crippen LogP contribution in [0.15, 0.2) is 48.5 Å². The van der Waals surface area contributed by atoms with E-state index in [1.165, 1.54) is 7.05 Å². The van der Waals surface area contributed by atoms with Gasteiger partial charge in [0.1, 0.15) is 6.04 Å². The molecule has 144 valence electrons. The van der Waals surface area contributed by atoms with Gasteiger partial charge in [-0.05, 0) is 31.5 Å². The Hall–Kier alpha value is -3.22. The highest BCUT2D eigenvalue weighted by atomic mass is 16.5. The molecule has 0 saturated carbocycles. The summed E-state index contributed by atoms with van der Waals surface area (Å²) in [5.74, 6) is 0.756. The maximum Gasteiger partial charge on any atom is 0.321 e. The molecule has 0 heterocycles. The predicted octanol–water partition coefficient (Wildman–Crippen LogP) is 3.09. The molecule has 0 unspecified atom stereocenters. The molecule has 2 aromatic carbocycles. The zero-order valence-electron chi connectivity index (χ0n) is 15.7. The molecule has 0 saturated heterocycles. The summed E-state index contributed by atoms with van der Waals surface area (Å²) in [7, 11) is 1.45. The standard InChI is InChI=1S/C20H25N3O4/c1-4-26-16-12-11-15(13-17(16)27-5-2)22-18(14-9-7-6-8-10-14)19(24)23-20(25)21-3/h6-13,18,22H,4-5H2,1-3H3,(H2,21,23,24,25)/t18-/m1/s1. The second-order valence-corrected chi connectivity index (χ2v) is 5.58. The van der Waals surface area contributed by atoms with Crippen LogP contribution in [0.1, 0.15) is 25.5 Å². The van der Waals surface area contributed by atoms with Crippen LogP contribution in [0.2, 0.25) is 0 Å². The van der Waals surface area contributed by atoms with Gasteiger partial charge >= 0.3 is 6.03 Å². The number of benzene rings is 2. The molecule has 0 aliphatic carbocycles. The lowest BCUT2D eigenvalue weighted by molar-refractivity contribution is -0.120. The minimum absolute atomic E-state index is 0.465. The summed E-state index contributed by atoms with van der Waals surface area (Å²) in [6.07, 6.45) is 0. The molecule has 0 aliphatic rings. The van der Waals surface area contributed by atoms with Gasteiger partial charge in [-0.25, -0.2) is 4.79 Å². The van der Waals surface area contributed by atoms with Crippen LogP contribution in [0.3, 0.4) is 0 Å². The summed E-state index contributed by atoms with van der Waals surface area (Å²) < 4.78 is 11.2. The van der Waals surface area contributed by atoms with Crippen molar-refractivity contribution in [1.29, 1.82) is 0 Å². The number of ether oxygens (including phenoxy) is 2. The van der Waals surface area contributed by atoms with E-state index in [2.05, 4.69) is 16.0 Å². The molecule has 0 radical (unpaired) electrons. The molecule has 2 rings (SSSR count). The number of rotatable bonds is 8. The number of hydrogen-bond donors (Lipinski definition) is 3. The van der Waals surface area contributed by atoms with Crippen molar-refractivity contribution >= 4 is 17.6 Å². The number of amides is 3. The average molecular weight is 371 g/mol. The van der Waals surface area contributed by atoms with Crippen LogP contribution >= 0.6 is 0 Å². The van der Waals surface area contributed by atoms with E-state index in [1.54, 1.807) is 18.2 Å². The average Bonchev–Trinajstić information content (AvgIpc) is 2.68. The van der Waals surface area contributed by atoms with Gasteiger partial charge in [-0.2, -0.15) is 0 Å². The van der Waals surface area contributed by atoms with E-state index in [-0.39, 0.29) is 0 Å². The second kappa shape index (κ2) is 10.1. The molecule has 2 aromatic rings. The Balaban J connectivity index is 2.30. The van der Waals surface area contributed by atoms with Crippen molar-refractivity contribution in [2.75, 3.05) is 25.6 Å². The first-order valence-electron chi connectivity index (χ1n) is 8.82. The molecule has 27 heavy (non-hydrogen) atoms.